The normalized spacial score (nSPS) is 20.6. The van der Waals surface area contributed by atoms with Gasteiger partial charge in [0.15, 0.2) is 11.5 Å². The molecule has 3 aromatic rings. The van der Waals surface area contributed by atoms with E-state index >= 15 is 4.39 Å². The second-order valence-corrected chi connectivity index (χ2v) is 10.6. The van der Waals surface area contributed by atoms with Gasteiger partial charge in [-0.05, 0) is 46.2 Å². The summed E-state index contributed by atoms with van der Waals surface area (Å²) in [5.41, 5.74) is -4.70. The largest absolute Gasteiger partial charge is 0.435 e. The van der Waals surface area contributed by atoms with E-state index in [2.05, 4.69) is 20.5 Å². The van der Waals surface area contributed by atoms with E-state index in [1.54, 1.807) is 4.90 Å². The Labute approximate surface area is 220 Å². The molecule has 5 rings (SSSR count). The van der Waals surface area contributed by atoms with Crippen molar-refractivity contribution in [3.05, 3.63) is 52.6 Å². The number of hydrogen-bond acceptors (Lipinski definition) is 7. The fourth-order valence-corrected chi connectivity index (χ4v) is 5.17. The molecule has 3 atom stereocenters. The number of morpholine rings is 1. The molecule has 2 aliphatic heterocycles. The van der Waals surface area contributed by atoms with Gasteiger partial charge in [-0.1, -0.05) is 12.1 Å². The summed E-state index contributed by atoms with van der Waals surface area (Å²) in [7, 11) is 0. The number of rotatable bonds is 6. The molecule has 13 heteroatoms. The molecule has 0 saturated carbocycles. The topological polar surface area (TPSA) is 83.4 Å². The maximum atomic E-state index is 15.3. The highest BCUT2D eigenvalue weighted by atomic mass is 19.4. The molecule has 2 aromatic heterocycles. The predicted molar refractivity (Wildman–Crippen MR) is 131 cm³/mol. The zero-order chi connectivity index (χ0) is 28.5. The molecule has 0 radical (unpaired) electrons. The molecule has 39 heavy (non-hydrogen) atoms. The highest BCUT2D eigenvalue weighted by Gasteiger charge is 2.49. The number of anilines is 2. The Morgan fingerprint density at radius 2 is 1.77 bits per heavy atom. The van der Waals surface area contributed by atoms with Crippen LogP contribution in [0.1, 0.15) is 55.7 Å². The van der Waals surface area contributed by atoms with Crippen LogP contribution in [0.3, 0.4) is 0 Å². The van der Waals surface area contributed by atoms with E-state index in [0.29, 0.717) is 19.6 Å². The number of nitrogens with zero attached hydrogens (tertiary/aromatic N) is 4. The Bertz CT molecular complexity index is 1410. The van der Waals surface area contributed by atoms with E-state index in [-0.39, 0.29) is 45.7 Å². The van der Waals surface area contributed by atoms with Crippen LogP contribution in [-0.2, 0) is 16.8 Å². The molecule has 2 bridgehead atoms. The molecule has 0 amide bonds. The standard InChI is InChI=1S/C26H27F6N5O2/c1-12(16-6-5-7-18(20(16)27)25(28,29)24(3,4)38)33-23-17-9-19(37-14-8-15(37)11-39-10-14)22(26(30,31)32)34-21(17)13(2)35-36-23/h5-7,9,12,14-15,38H,8,10-11H2,1-4H3,(H,33,36)/t12-,14?,15?/m1/s1. The average Bonchev–Trinajstić information content (AvgIpc) is 2.84. The Kier molecular flexibility index (Phi) is 6.45. The number of nitrogens with one attached hydrogen (secondary N) is 1. The van der Waals surface area contributed by atoms with Crippen molar-refractivity contribution in [3.8, 4) is 0 Å². The van der Waals surface area contributed by atoms with Crippen LogP contribution >= 0.6 is 0 Å². The quantitative estimate of drug-likeness (QED) is 0.389. The lowest BCUT2D eigenvalue weighted by Gasteiger charge is -2.54. The van der Waals surface area contributed by atoms with Crippen molar-refractivity contribution in [2.24, 2.45) is 0 Å². The molecule has 210 valence electrons. The number of aromatic nitrogens is 3. The lowest BCUT2D eigenvalue weighted by Crippen LogP contribution is -2.64. The molecule has 2 saturated heterocycles. The number of fused-ring (bicyclic) bond motifs is 3. The van der Waals surface area contributed by atoms with Gasteiger partial charge < -0.3 is 20.1 Å². The highest BCUT2D eigenvalue weighted by Crippen LogP contribution is 2.45. The minimum absolute atomic E-state index is 0.0200. The van der Waals surface area contributed by atoms with E-state index in [1.165, 1.54) is 32.0 Å². The molecule has 2 aliphatic rings. The van der Waals surface area contributed by atoms with Crippen molar-refractivity contribution in [2.45, 2.75) is 69.9 Å². The summed E-state index contributed by atoms with van der Waals surface area (Å²) in [5, 5.41) is 21.1. The van der Waals surface area contributed by atoms with Gasteiger partial charge in [0.2, 0.25) is 0 Å². The summed E-state index contributed by atoms with van der Waals surface area (Å²) in [6.45, 7) is 5.33. The van der Waals surface area contributed by atoms with Gasteiger partial charge in [0.25, 0.3) is 0 Å². The summed E-state index contributed by atoms with van der Waals surface area (Å²) < 4.78 is 92.7. The molecular weight excluding hydrogens is 528 g/mol. The van der Waals surface area contributed by atoms with Gasteiger partial charge in [-0.2, -0.15) is 27.1 Å². The number of hydrogen-bond donors (Lipinski definition) is 2. The first-order valence-electron chi connectivity index (χ1n) is 12.4. The Morgan fingerprint density at radius 1 is 1.10 bits per heavy atom. The maximum Gasteiger partial charge on any atom is 0.435 e. The average molecular weight is 556 g/mol. The van der Waals surface area contributed by atoms with E-state index in [4.69, 9.17) is 4.74 Å². The third-order valence-electron chi connectivity index (χ3n) is 7.35. The lowest BCUT2D eigenvalue weighted by atomic mass is 9.90. The second kappa shape index (κ2) is 9.19. The number of benzene rings is 1. The summed E-state index contributed by atoms with van der Waals surface area (Å²) in [6, 6.07) is 3.40. The Morgan fingerprint density at radius 3 is 2.36 bits per heavy atom. The molecule has 2 unspecified atom stereocenters. The number of pyridine rings is 1. The van der Waals surface area contributed by atoms with Crippen molar-refractivity contribution in [2.75, 3.05) is 23.4 Å². The number of aliphatic hydroxyl groups is 1. The van der Waals surface area contributed by atoms with Crippen LogP contribution in [0.15, 0.2) is 24.3 Å². The van der Waals surface area contributed by atoms with Gasteiger partial charge in [0.1, 0.15) is 11.4 Å². The van der Waals surface area contributed by atoms with Crippen LogP contribution in [0.5, 0.6) is 0 Å². The van der Waals surface area contributed by atoms with Crippen molar-refractivity contribution in [3.63, 3.8) is 0 Å². The molecule has 0 aliphatic carbocycles. The van der Waals surface area contributed by atoms with Crippen LogP contribution < -0.4 is 10.2 Å². The second-order valence-electron chi connectivity index (χ2n) is 10.6. The van der Waals surface area contributed by atoms with E-state index in [1.807, 2.05) is 0 Å². The Hall–Kier alpha value is -3.19. The van der Waals surface area contributed by atoms with Gasteiger partial charge in [-0.15, -0.1) is 5.10 Å². The van der Waals surface area contributed by atoms with Crippen LogP contribution in [0.2, 0.25) is 0 Å². The molecule has 1 aromatic carbocycles. The van der Waals surface area contributed by atoms with E-state index < -0.39 is 40.8 Å². The molecule has 2 fully saturated rings. The molecule has 7 nitrogen and oxygen atoms in total. The van der Waals surface area contributed by atoms with Crippen LogP contribution in [0.4, 0.5) is 37.8 Å². The fourth-order valence-electron chi connectivity index (χ4n) is 5.17. The minimum atomic E-state index is -4.74. The Balaban J connectivity index is 1.58. The molecule has 2 N–H and O–H groups in total. The van der Waals surface area contributed by atoms with Crippen molar-refractivity contribution in [1.82, 2.24) is 15.2 Å². The van der Waals surface area contributed by atoms with E-state index in [0.717, 1.165) is 19.9 Å². The first-order chi connectivity index (χ1) is 18.1. The van der Waals surface area contributed by atoms with Gasteiger partial charge in [0.05, 0.1) is 53.8 Å². The zero-order valence-corrected chi connectivity index (χ0v) is 21.6. The fraction of sp³-hybridized carbons (Fsp3) is 0.500. The molecule has 0 spiro atoms. The minimum Gasteiger partial charge on any atom is -0.384 e. The first-order valence-corrected chi connectivity index (χ1v) is 12.4. The van der Waals surface area contributed by atoms with Gasteiger partial charge in [-0.3, -0.25) is 0 Å². The molecular formula is C26H27F6N5O2. The summed E-state index contributed by atoms with van der Waals surface area (Å²) in [5.74, 6) is -5.10. The van der Waals surface area contributed by atoms with Gasteiger partial charge in [-0.25, -0.2) is 9.37 Å². The predicted octanol–water partition coefficient (Wildman–Crippen LogP) is 5.50. The monoisotopic (exact) mass is 555 g/mol. The smallest absolute Gasteiger partial charge is 0.384 e. The summed E-state index contributed by atoms with van der Waals surface area (Å²) in [4.78, 5) is 5.61. The number of aryl methyl sites for hydroxylation is 1. The summed E-state index contributed by atoms with van der Waals surface area (Å²) >= 11 is 0. The number of alkyl halides is 5. The van der Waals surface area contributed by atoms with Crippen LogP contribution in [0, 0.1) is 12.7 Å². The van der Waals surface area contributed by atoms with Crippen LogP contribution in [-0.4, -0.2) is 51.2 Å². The third-order valence-corrected chi connectivity index (χ3v) is 7.35. The molecule has 4 heterocycles. The SMILES string of the molecule is Cc1nnc(N[C@H](C)c2cccc(C(F)(F)C(C)(C)O)c2F)c2cc(N3C4COCC3C4)c(C(F)(F)F)nc12. The summed E-state index contributed by atoms with van der Waals surface area (Å²) in [6.07, 6.45) is -4.03. The van der Waals surface area contributed by atoms with Crippen molar-refractivity contribution in [1.29, 1.82) is 0 Å². The highest BCUT2D eigenvalue weighted by molar-refractivity contribution is 5.93. The maximum absolute atomic E-state index is 15.3. The van der Waals surface area contributed by atoms with Crippen molar-refractivity contribution >= 4 is 22.4 Å². The number of ether oxygens (including phenoxy) is 1. The van der Waals surface area contributed by atoms with Crippen molar-refractivity contribution < 1.29 is 36.2 Å². The lowest BCUT2D eigenvalue weighted by molar-refractivity contribution is -0.170. The van der Waals surface area contributed by atoms with Gasteiger partial charge >= 0.3 is 12.1 Å². The third kappa shape index (κ3) is 4.54. The van der Waals surface area contributed by atoms with E-state index in [9.17, 15) is 27.1 Å². The number of halogens is 6. The van der Waals surface area contributed by atoms with Crippen LogP contribution in [0.25, 0.3) is 10.9 Å². The van der Waals surface area contributed by atoms with Gasteiger partial charge in [0, 0.05) is 10.9 Å². The first kappa shape index (κ1) is 27.4. The zero-order valence-electron chi connectivity index (χ0n) is 21.6.